The summed E-state index contributed by atoms with van der Waals surface area (Å²) in [6.07, 6.45) is 9.04. The number of aromatic amines is 1. The summed E-state index contributed by atoms with van der Waals surface area (Å²) in [7, 11) is 1.96. The van der Waals surface area contributed by atoms with Crippen LogP contribution in [0.5, 0.6) is 0 Å². The van der Waals surface area contributed by atoms with Gasteiger partial charge in [-0.25, -0.2) is 4.39 Å². The van der Waals surface area contributed by atoms with Gasteiger partial charge in [0.2, 0.25) is 0 Å². The number of hydrogen-bond donors (Lipinski definition) is 2. The van der Waals surface area contributed by atoms with Crippen molar-refractivity contribution in [2.75, 3.05) is 26.2 Å². The molecule has 3 heterocycles. The van der Waals surface area contributed by atoms with Crippen LogP contribution in [-0.4, -0.2) is 51.8 Å². The Morgan fingerprint density at radius 1 is 1.41 bits per heavy atom. The Morgan fingerprint density at radius 3 is 3.10 bits per heavy atom. The first-order valence-corrected chi connectivity index (χ1v) is 10.4. The second-order valence-corrected chi connectivity index (χ2v) is 7.82. The number of rotatable bonds is 6. The molecule has 1 aliphatic heterocycles. The summed E-state index contributed by atoms with van der Waals surface area (Å²) in [5.74, 6) is 1.40. The van der Waals surface area contributed by atoms with Crippen molar-refractivity contribution in [3.63, 3.8) is 0 Å². The molecule has 2 aromatic heterocycles. The molecule has 7 heteroatoms. The summed E-state index contributed by atoms with van der Waals surface area (Å²) in [5, 5.41) is 8.65. The van der Waals surface area contributed by atoms with Crippen LogP contribution in [0.1, 0.15) is 24.5 Å². The van der Waals surface area contributed by atoms with Crippen LogP contribution in [0.15, 0.2) is 41.8 Å². The molecule has 1 aliphatic rings. The highest BCUT2D eigenvalue weighted by atomic mass is 19.1. The zero-order valence-electron chi connectivity index (χ0n) is 17.2. The van der Waals surface area contributed by atoms with Crippen molar-refractivity contribution in [2.24, 2.45) is 18.0 Å². The van der Waals surface area contributed by atoms with Crippen LogP contribution in [0, 0.1) is 11.7 Å². The number of aliphatic imine (C=N–C) groups is 1. The molecule has 154 valence electrons. The second kappa shape index (κ2) is 8.68. The van der Waals surface area contributed by atoms with Gasteiger partial charge < -0.3 is 15.2 Å². The van der Waals surface area contributed by atoms with Gasteiger partial charge in [0, 0.05) is 56.5 Å². The quantitative estimate of drug-likeness (QED) is 0.497. The van der Waals surface area contributed by atoms with Crippen LogP contribution in [0.2, 0.25) is 0 Å². The van der Waals surface area contributed by atoms with Gasteiger partial charge in [0.15, 0.2) is 5.96 Å². The van der Waals surface area contributed by atoms with Crippen LogP contribution in [0.25, 0.3) is 10.9 Å². The van der Waals surface area contributed by atoms with E-state index in [4.69, 9.17) is 4.99 Å². The van der Waals surface area contributed by atoms with Crippen LogP contribution < -0.4 is 5.32 Å². The lowest BCUT2D eigenvalue weighted by Crippen LogP contribution is -2.40. The second-order valence-electron chi connectivity index (χ2n) is 7.82. The standard InChI is InChI=1S/C22H29FN6/c1-3-24-22(29-9-7-16(15-29)10-17-12-27-28(2)14-17)25-8-6-18-13-26-21-5-4-19(23)11-20(18)21/h4-5,11-14,16,26H,3,6-10,15H2,1-2H3,(H,24,25). The Bertz CT molecular complexity index is 988. The van der Waals surface area contributed by atoms with E-state index in [1.807, 2.05) is 24.1 Å². The molecule has 3 aromatic rings. The Kier molecular flexibility index (Phi) is 5.83. The monoisotopic (exact) mass is 396 g/mol. The van der Waals surface area contributed by atoms with Gasteiger partial charge in [0.25, 0.3) is 0 Å². The first-order valence-electron chi connectivity index (χ1n) is 10.4. The third kappa shape index (κ3) is 4.60. The van der Waals surface area contributed by atoms with Crippen molar-refractivity contribution in [1.29, 1.82) is 0 Å². The highest BCUT2D eigenvalue weighted by molar-refractivity contribution is 5.83. The fraction of sp³-hybridized carbons (Fsp3) is 0.455. The smallest absolute Gasteiger partial charge is 0.193 e. The topological polar surface area (TPSA) is 61.2 Å². The molecule has 1 saturated heterocycles. The highest BCUT2D eigenvalue weighted by Gasteiger charge is 2.25. The minimum atomic E-state index is -0.202. The maximum Gasteiger partial charge on any atom is 0.193 e. The lowest BCUT2D eigenvalue weighted by atomic mass is 10.0. The fourth-order valence-corrected chi connectivity index (χ4v) is 4.17. The van der Waals surface area contributed by atoms with Gasteiger partial charge in [-0.3, -0.25) is 9.67 Å². The van der Waals surface area contributed by atoms with Gasteiger partial charge in [-0.15, -0.1) is 0 Å². The molecule has 1 unspecified atom stereocenters. The first kappa shape index (κ1) is 19.5. The normalized spacial score (nSPS) is 17.4. The largest absolute Gasteiger partial charge is 0.361 e. The number of hydrogen-bond acceptors (Lipinski definition) is 2. The maximum absolute atomic E-state index is 13.6. The predicted molar refractivity (Wildman–Crippen MR) is 115 cm³/mol. The SMILES string of the molecule is CCNC(=NCCc1c[nH]c2ccc(F)cc12)N1CCC(Cc2cnn(C)c2)C1. The van der Waals surface area contributed by atoms with E-state index in [2.05, 4.69) is 33.4 Å². The number of nitrogens with one attached hydrogen (secondary N) is 2. The van der Waals surface area contributed by atoms with E-state index in [0.29, 0.717) is 12.5 Å². The minimum Gasteiger partial charge on any atom is -0.361 e. The summed E-state index contributed by atoms with van der Waals surface area (Å²) in [6.45, 7) is 5.66. The van der Waals surface area contributed by atoms with Crippen molar-refractivity contribution in [2.45, 2.75) is 26.2 Å². The van der Waals surface area contributed by atoms with Crippen molar-refractivity contribution in [3.05, 3.63) is 53.7 Å². The lowest BCUT2D eigenvalue weighted by Gasteiger charge is -2.21. The molecule has 0 radical (unpaired) electrons. The number of guanidine groups is 1. The lowest BCUT2D eigenvalue weighted by molar-refractivity contribution is 0.460. The van der Waals surface area contributed by atoms with Crippen molar-refractivity contribution in [1.82, 2.24) is 25.0 Å². The van der Waals surface area contributed by atoms with E-state index < -0.39 is 0 Å². The van der Waals surface area contributed by atoms with Crippen molar-refractivity contribution < 1.29 is 4.39 Å². The Hall–Kier alpha value is -2.83. The molecule has 29 heavy (non-hydrogen) atoms. The van der Waals surface area contributed by atoms with Gasteiger partial charge in [-0.05, 0) is 61.4 Å². The minimum absolute atomic E-state index is 0.202. The number of nitrogens with zero attached hydrogens (tertiary/aromatic N) is 4. The van der Waals surface area contributed by atoms with Gasteiger partial charge in [0.1, 0.15) is 5.82 Å². The van der Waals surface area contributed by atoms with Crippen LogP contribution in [-0.2, 0) is 19.9 Å². The molecule has 6 nitrogen and oxygen atoms in total. The molecule has 1 atom stereocenters. The van der Waals surface area contributed by atoms with E-state index in [9.17, 15) is 4.39 Å². The average Bonchev–Trinajstić information content (AvgIpc) is 3.42. The Labute approximate surface area is 170 Å². The summed E-state index contributed by atoms with van der Waals surface area (Å²) in [6, 6.07) is 4.87. The number of fused-ring (bicyclic) bond motifs is 1. The summed E-state index contributed by atoms with van der Waals surface area (Å²) < 4.78 is 15.4. The van der Waals surface area contributed by atoms with Crippen molar-refractivity contribution in [3.8, 4) is 0 Å². The van der Waals surface area contributed by atoms with Gasteiger partial charge >= 0.3 is 0 Å². The summed E-state index contributed by atoms with van der Waals surface area (Å²) in [4.78, 5) is 10.4. The van der Waals surface area contributed by atoms with Gasteiger partial charge in [-0.2, -0.15) is 5.10 Å². The van der Waals surface area contributed by atoms with E-state index in [0.717, 1.165) is 54.9 Å². The zero-order chi connectivity index (χ0) is 20.2. The predicted octanol–water partition coefficient (Wildman–Crippen LogP) is 3.11. The van der Waals surface area contributed by atoms with Crippen LogP contribution in [0.3, 0.4) is 0 Å². The number of benzene rings is 1. The van der Waals surface area contributed by atoms with E-state index >= 15 is 0 Å². The molecule has 2 N–H and O–H groups in total. The number of aromatic nitrogens is 3. The molecule has 1 aromatic carbocycles. The Balaban J connectivity index is 1.38. The Morgan fingerprint density at radius 2 is 2.31 bits per heavy atom. The number of halogens is 1. The fourth-order valence-electron chi connectivity index (χ4n) is 4.17. The number of likely N-dealkylation sites (tertiary alicyclic amines) is 1. The molecule has 0 spiro atoms. The van der Waals surface area contributed by atoms with E-state index in [1.54, 1.807) is 12.1 Å². The first-order chi connectivity index (χ1) is 14.1. The number of H-pyrrole nitrogens is 1. The summed E-state index contributed by atoms with van der Waals surface area (Å²) in [5.41, 5.74) is 3.37. The van der Waals surface area contributed by atoms with Gasteiger partial charge in [0.05, 0.1) is 6.20 Å². The third-order valence-electron chi connectivity index (χ3n) is 5.58. The van der Waals surface area contributed by atoms with Gasteiger partial charge in [-0.1, -0.05) is 0 Å². The molecule has 4 rings (SSSR count). The molecule has 0 bridgehead atoms. The van der Waals surface area contributed by atoms with E-state index in [1.165, 1.54) is 18.1 Å². The van der Waals surface area contributed by atoms with Crippen LogP contribution >= 0.6 is 0 Å². The molecule has 1 fully saturated rings. The van der Waals surface area contributed by atoms with Crippen molar-refractivity contribution >= 4 is 16.9 Å². The molecular formula is C22H29FN6. The molecule has 0 aliphatic carbocycles. The molecular weight excluding hydrogens is 367 g/mol. The maximum atomic E-state index is 13.6. The summed E-state index contributed by atoms with van der Waals surface area (Å²) >= 11 is 0. The molecule has 0 amide bonds. The van der Waals surface area contributed by atoms with E-state index in [-0.39, 0.29) is 5.82 Å². The van der Waals surface area contributed by atoms with Crippen LogP contribution in [0.4, 0.5) is 4.39 Å². The average molecular weight is 397 g/mol. The zero-order valence-corrected chi connectivity index (χ0v) is 17.2. The molecule has 0 saturated carbocycles. The third-order valence-corrected chi connectivity index (χ3v) is 5.58. The number of aryl methyl sites for hydroxylation is 1. The highest BCUT2D eigenvalue weighted by Crippen LogP contribution is 2.22.